The van der Waals surface area contributed by atoms with Crippen molar-refractivity contribution in [3.8, 4) is 0 Å². The Hall–Kier alpha value is -1.06. The van der Waals surface area contributed by atoms with Crippen molar-refractivity contribution in [3.05, 3.63) is 0 Å². The van der Waals surface area contributed by atoms with Gasteiger partial charge >= 0.3 is 0 Å². The van der Waals surface area contributed by atoms with Gasteiger partial charge in [0.2, 0.25) is 11.8 Å². The smallest absolute Gasteiger partial charge is 0.224 e. The van der Waals surface area contributed by atoms with Crippen LogP contribution in [0.3, 0.4) is 0 Å². The molecule has 4 atom stereocenters. The van der Waals surface area contributed by atoms with Crippen molar-refractivity contribution >= 4 is 11.8 Å². The third-order valence-electron chi connectivity index (χ3n) is 5.10. The number of hydrogen-bond donors (Lipinski definition) is 2. The molecule has 0 bridgehead atoms. The first-order chi connectivity index (χ1) is 10.2. The van der Waals surface area contributed by atoms with Gasteiger partial charge in [-0.15, -0.1) is 0 Å². The Balaban J connectivity index is 2.04. The molecular weight excluding hydrogens is 276 g/mol. The Morgan fingerprint density at radius 1 is 1.23 bits per heavy atom. The molecule has 4 unspecified atom stereocenters. The maximum Gasteiger partial charge on any atom is 0.224 e. The van der Waals surface area contributed by atoms with Gasteiger partial charge in [0.05, 0.1) is 0 Å². The van der Waals surface area contributed by atoms with Gasteiger partial charge in [-0.2, -0.15) is 0 Å². The quantitative estimate of drug-likeness (QED) is 0.723. The average Bonchev–Trinajstić information content (AvgIpc) is 3.25. The van der Waals surface area contributed by atoms with E-state index < -0.39 is 0 Å². The Kier molecular flexibility index (Phi) is 5.18. The molecular formula is C18H32N2O2. The molecule has 126 valence electrons. The van der Waals surface area contributed by atoms with Crippen molar-refractivity contribution < 1.29 is 9.59 Å². The second-order valence-electron chi connectivity index (χ2n) is 8.58. The summed E-state index contributed by atoms with van der Waals surface area (Å²) < 4.78 is 0. The zero-order chi connectivity index (χ0) is 16.5. The van der Waals surface area contributed by atoms with Crippen LogP contribution < -0.4 is 11.1 Å². The predicted molar refractivity (Wildman–Crippen MR) is 87.9 cm³/mol. The largest absolute Gasteiger partial charge is 0.369 e. The van der Waals surface area contributed by atoms with Gasteiger partial charge in [-0.05, 0) is 64.2 Å². The lowest BCUT2D eigenvalue weighted by Gasteiger charge is -2.29. The van der Waals surface area contributed by atoms with E-state index in [0.717, 1.165) is 25.2 Å². The van der Waals surface area contributed by atoms with Crippen molar-refractivity contribution in [1.82, 2.24) is 5.32 Å². The second-order valence-corrected chi connectivity index (χ2v) is 8.58. The molecule has 22 heavy (non-hydrogen) atoms. The van der Waals surface area contributed by atoms with E-state index in [-0.39, 0.29) is 29.2 Å². The lowest BCUT2D eigenvalue weighted by Crippen LogP contribution is -2.47. The number of hydrogen-bond acceptors (Lipinski definition) is 2. The highest BCUT2D eigenvalue weighted by atomic mass is 16.2. The van der Waals surface area contributed by atoms with Crippen molar-refractivity contribution in [2.75, 3.05) is 0 Å². The Bertz CT molecular complexity index is 423. The van der Waals surface area contributed by atoms with Crippen LogP contribution in [-0.4, -0.2) is 17.4 Å². The molecule has 0 aromatic rings. The van der Waals surface area contributed by atoms with Crippen LogP contribution in [0.1, 0.15) is 66.2 Å². The Morgan fingerprint density at radius 3 is 2.23 bits per heavy atom. The van der Waals surface area contributed by atoms with Gasteiger partial charge in [-0.25, -0.2) is 0 Å². The molecule has 2 rings (SSSR count). The summed E-state index contributed by atoms with van der Waals surface area (Å²) in [6, 6.07) is 0. The zero-order valence-corrected chi connectivity index (χ0v) is 14.5. The van der Waals surface area contributed by atoms with Crippen LogP contribution in [0.2, 0.25) is 0 Å². The van der Waals surface area contributed by atoms with E-state index in [9.17, 15) is 9.59 Å². The minimum absolute atomic E-state index is 0.00574. The normalized spacial score (nSPS) is 27.1. The van der Waals surface area contributed by atoms with Crippen molar-refractivity contribution in [1.29, 1.82) is 0 Å². The van der Waals surface area contributed by atoms with Gasteiger partial charge < -0.3 is 11.1 Å². The molecule has 4 heteroatoms. The Labute approximate surface area is 134 Å². The van der Waals surface area contributed by atoms with Gasteiger partial charge in [-0.1, -0.05) is 19.8 Å². The molecule has 2 amide bonds. The maximum absolute atomic E-state index is 12.7. The van der Waals surface area contributed by atoms with Crippen LogP contribution in [0, 0.1) is 29.6 Å². The fraction of sp³-hybridized carbons (Fsp3) is 0.889. The third kappa shape index (κ3) is 5.29. The number of rotatable bonds is 8. The van der Waals surface area contributed by atoms with E-state index in [4.69, 9.17) is 5.73 Å². The van der Waals surface area contributed by atoms with Crippen molar-refractivity contribution in [2.45, 2.75) is 71.8 Å². The summed E-state index contributed by atoms with van der Waals surface area (Å²) in [5.74, 6) is 1.16. The fourth-order valence-corrected chi connectivity index (χ4v) is 3.33. The van der Waals surface area contributed by atoms with Gasteiger partial charge in [0.15, 0.2) is 0 Å². The van der Waals surface area contributed by atoms with Crippen molar-refractivity contribution in [2.24, 2.45) is 35.3 Å². The number of nitrogens with one attached hydrogen (secondary N) is 1. The molecule has 2 saturated carbocycles. The highest BCUT2D eigenvalue weighted by Gasteiger charge is 2.42. The monoisotopic (exact) mass is 308 g/mol. The highest BCUT2D eigenvalue weighted by molar-refractivity contribution is 5.87. The lowest BCUT2D eigenvalue weighted by atomic mass is 9.82. The minimum Gasteiger partial charge on any atom is -0.369 e. The summed E-state index contributed by atoms with van der Waals surface area (Å²) >= 11 is 0. The molecule has 4 nitrogen and oxygen atoms in total. The van der Waals surface area contributed by atoms with E-state index in [1.807, 2.05) is 20.8 Å². The predicted octanol–water partition coefficient (Wildman–Crippen LogP) is 2.86. The van der Waals surface area contributed by atoms with Crippen LogP contribution in [-0.2, 0) is 9.59 Å². The molecule has 0 spiro atoms. The van der Waals surface area contributed by atoms with Gasteiger partial charge in [0.1, 0.15) is 0 Å². The van der Waals surface area contributed by atoms with Crippen LogP contribution in [0.4, 0.5) is 0 Å². The lowest BCUT2D eigenvalue weighted by molar-refractivity contribution is -0.135. The first-order valence-electron chi connectivity index (χ1n) is 8.78. The zero-order valence-electron chi connectivity index (χ0n) is 14.5. The maximum atomic E-state index is 12.7. The highest BCUT2D eigenvalue weighted by Crippen LogP contribution is 2.45. The first-order valence-corrected chi connectivity index (χ1v) is 8.78. The van der Waals surface area contributed by atoms with E-state index in [1.54, 1.807) is 0 Å². The molecule has 0 aromatic carbocycles. The minimum atomic E-state index is -0.309. The molecule has 2 fully saturated rings. The SMILES string of the molecule is CC1CC1CC(C(=O)NC(C)(C)C)C(CCC1CC1)C(N)=O. The number of carbonyl (C=O) groups is 2. The molecule has 2 aliphatic carbocycles. The molecule has 0 aromatic heterocycles. The summed E-state index contributed by atoms with van der Waals surface area (Å²) in [6.07, 6.45) is 6.32. The number of primary amides is 1. The summed E-state index contributed by atoms with van der Waals surface area (Å²) in [5, 5.41) is 3.06. The third-order valence-corrected chi connectivity index (χ3v) is 5.10. The van der Waals surface area contributed by atoms with Gasteiger partial charge in [0, 0.05) is 17.4 Å². The summed E-state index contributed by atoms with van der Waals surface area (Å²) in [6.45, 7) is 8.15. The number of amides is 2. The van der Waals surface area contributed by atoms with E-state index >= 15 is 0 Å². The molecule has 0 saturated heterocycles. The second kappa shape index (κ2) is 6.59. The van der Waals surface area contributed by atoms with Gasteiger partial charge in [0.25, 0.3) is 0 Å². The topological polar surface area (TPSA) is 72.2 Å². The van der Waals surface area contributed by atoms with E-state index in [1.165, 1.54) is 19.3 Å². The van der Waals surface area contributed by atoms with Crippen LogP contribution >= 0.6 is 0 Å². The summed E-state index contributed by atoms with van der Waals surface area (Å²) in [5.41, 5.74) is 5.38. The van der Waals surface area contributed by atoms with E-state index in [0.29, 0.717) is 11.8 Å². The molecule has 2 aliphatic rings. The summed E-state index contributed by atoms with van der Waals surface area (Å²) in [7, 11) is 0. The van der Waals surface area contributed by atoms with Gasteiger partial charge in [-0.3, -0.25) is 9.59 Å². The van der Waals surface area contributed by atoms with E-state index in [2.05, 4.69) is 12.2 Å². The fourth-order valence-electron chi connectivity index (χ4n) is 3.33. The molecule has 3 N–H and O–H groups in total. The molecule has 0 radical (unpaired) electrons. The van der Waals surface area contributed by atoms with Crippen molar-refractivity contribution in [3.63, 3.8) is 0 Å². The molecule has 0 heterocycles. The van der Waals surface area contributed by atoms with Crippen LogP contribution in [0.15, 0.2) is 0 Å². The average molecular weight is 308 g/mol. The summed E-state index contributed by atoms with van der Waals surface area (Å²) in [4.78, 5) is 24.7. The number of carbonyl (C=O) groups excluding carboxylic acids is 2. The first kappa shape index (κ1) is 17.3. The number of nitrogens with two attached hydrogens (primary N) is 1. The molecule has 0 aliphatic heterocycles. The van der Waals surface area contributed by atoms with Crippen LogP contribution in [0.25, 0.3) is 0 Å². The van der Waals surface area contributed by atoms with Crippen LogP contribution in [0.5, 0.6) is 0 Å². The standard InChI is InChI=1S/C18H32N2O2/c1-11-9-13(11)10-15(17(22)20-18(2,3)4)14(16(19)21)8-7-12-5-6-12/h11-15H,5-10H2,1-4H3,(H2,19,21)(H,20,22). The Morgan fingerprint density at radius 2 is 1.82 bits per heavy atom.